The molecule has 0 aliphatic carbocycles. The van der Waals surface area contributed by atoms with E-state index in [4.69, 9.17) is 9.47 Å². The zero-order valence-electron chi connectivity index (χ0n) is 26.1. The zero-order chi connectivity index (χ0) is 36.4. The molecule has 50 heavy (non-hydrogen) atoms. The number of amides is 2. The lowest BCUT2D eigenvalue weighted by Gasteiger charge is -2.14. The van der Waals surface area contributed by atoms with Gasteiger partial charge in [0.15, 0.2) is 5.75 Å². The predicted molar refractivity (Wildman–Crippen MR) is 180 cm³/mol. The fourth-order valence-corrected chi connectivity index (χ4v) is 6.17. The molecule has 0 aliphatic rings. The van der Waals surface area contributed by atoms with E-state index < -0.39 is 53.3 Å². The lowest BCUT2D eigenvalue weighted by atomic mass is 10.0. The van der Waals surface area contributed by atoms with Gasteiger partial charge in [-0.05, 0) is 53.9 Å². The molecule has 16 nitrogen and oxygen atoms in total. The van der Waals surface area contributed by atoms with Crippen molar-refractivity contribution in [3.05, 3.63) is 78.4 Å². The highest BCUT2D eigenvalue weighted by molar-refractivity contribution is 7.86. The Morgan fingerprint density at radius 1 is 0.800 bits per heavy atom. The van der Waals surface area contributed by atoms with Crippen LogP contribution in [0.15, 0.2) is 92.8 Å². The summed E-state index contributed by atoms with van der Waals surface area (Å²) in [5, 5.41) is 34.7. The number of nitrogens with zero attached hydrogens (tertiary/aromatic N) is 2. The van der Waals surface area contributed by atoms with Crippen LogP contribution in [-0.2, 0) is 25.0 Å². The molecule has 18 heteroatoms. The molecule has 5 rings (SSSR count). The van der Waals surface area contributed by atoms with Gasteiger partial charge in [-0.25, -0.2) is 0 Å². The van der Waals surface area contributed by atoms with E-state index in [1.165, 1.54) is 37.4 Å². The van der Waals surface area contributed by atoms with Crippen LogP contribution in [0.25, 0.3) is 21.5 Å². The lowest BCUT2D eigenvalue weighted by molar-refractivity contribution is -0.114. The van der Waals surface area contributed by atoms with Crippen LogP contribution in [0.1, 0.15) is 17.3 Å². The number of fused-ring (bicyclic) bond motifs is 2. The van der Waals surface area contributed by atoms with Gasteiger partial charge in [-0.1, -0.05) is 24.3 Å². The molecular weight excluding hydrogens is 697 g/mol. The first-order valence-corrected chi connectivity index (χ1v) is 17.3. The minimum Gasteiger partial charge on any atom is -0.506 e. The quantitative estimate of drug-likeness (QED) is 0.0592. The standard InChI is InChI=1S/C32H28N4O12S2/c1-17(37)34-25-15-21(49(41,42)43)13-18-14-27(50(44,45)46)29(31(39)28(18)25)36-35-19-7-9-20(10-8-19)47-11-12-48-26-16-24(32(40)33-2)30(38)23-6-4-3-5-22(23)26/h3-10,13-16,38-39H,11-12H2,1-2H3,(H,33,40)(H,34,37)(H,41,42,43)(H,44,45,46). The molecule has 0 radical (unpaired) electrons. The summed E-state index contributed by atoms with van der Waals surface area (Å²) >= 11 is 0. The maximum atomic E-state index is 12.3. The van der Waals surface area contributed by atoms with E-state index >= 15 is 0 Å². The van der Waals surface area contributed by atoms with Crippen LogP contribution in [0.5, 0.6) is 23.0 Å². The molecule has 0 bridgehead atoms. The first-order valence-electron chi connectivity index (χ1n) is 14.4. The molecular formula is C32H28N4O12S2. The fourth-order valence-electron chi connectivity index (χ4n) is 4.97. The number of benzene rings is 5. The molecule has 0 unspecified atom stereocenters. The van der Waals surface area contributed by atoms with Gasteiger partial charge in [0.1, 0.15) is 41.0 Å². The lowest BCUT2D eigenvalue weighted by Crippen LogP contribution is -2.18. The fraction of sp³-hybridized carbons (Fsp3) is 0.125. The molecule has 0 spiro atoms. The van der Waals surface area contributed by atoms with Gasteiger partial charge in [-0.2, -0.15) is 21.9 Å². The Morgan fingerprint density at radius 3 is 2.08 bits per heavy atom. The highest BCUT2D eigenvalue weighted by atomic mass is 32.2. The number of rotatable bonds is 11. The third kappa shape index (κ3) is 7.57. The van der Waals surface area contributed by atoms with Crippen molar-refractivity contribution in [2.45, 2.75) is 16.7 Å². The summed E-state index contributed by atoms with van der Waals surface area (Å²) in [5.41, 5.74) is -0.804. The van der Waals surface area contributed by atoms with Gasteiger partial charge in [0.05, 0.1) is 21.8 Å². The number of carbonyl (C=O) groups is 2. The van der Waals surface area contributed by atoms with Gasteiger partial charge in [-0.3, -0.25) is 18.7 Å². The molecule has 0 heterocycles. The second-order valence-corrected chi connectivity index (χ2v) is 13.4. The van der Waals surface area contributed by atoms with E-state index in [2.05, 4.69) is 20.9 Å². The van der Waals surface area contributed by atoms with Crippen LogP contribution >= 0.6 is 0 Å². The van der Waals surface area contributed by atoms with Gasteiger partial charge in [0, 0.05) is 30.1 Å². The molecule has 0 atom stereocenters. The van der Waals surface area contributed by atoms with E-state index in [0.717, 1.165) is 25.1 Å². The molecule has 5 aromatic carbocycles. The molecule has 260 valence electrons. The van der Waals surface area contributed by atoms with Crippen molar-refractivity contribution in [3.8, 4) is 23.0 Å². The Kier molecular flexibility index (Phi) is 9.91. The van der Waals surface area contributed by atoms with Crippen molar-refractivity contribution in [2.24, 2.45) is 10.2 Å². The topological polar surface area (TPSA) is 251 Å². The van der Waals surface area contributed by atoms with Crippen LogP contribution in [0.4, 0.5) is 17.1 Å². The number of azo groups is 1. The predicted octanol–water partition coefficient (Wildman–Crippen LogP) is 5.09. The van der Waals surface area contributed by atoms with E-state index in [9.17, 15) is 45.7 Å². The Bertz CT molecular complexity index is 2410. The van der Waals surface area contributed by atoms with Gasteiger partial charge in [0.25, 0.3) is 26.1 Å². The van der Waals surface area contributed by atoms with E-state index in [1.54, 1.807) is 24.3 Å². The van der Waals surface area contributed by atoms with Crippen molar-refractivity contribution >= 4 is 70.7 Å². The van der Waals surface area contributed by atoms with Crippen molar-refractivity contribution in [2.75, 3.05) is 25.6 Å². The Balaban J connectivity index is 1.36. The molecule has 0 aliphatic heterocycles. The zero-order valence-corrected chi connectivity index (χ0v) is 27.7. The van der Waals surface area contributed by atoms with Gasteiger partial charge < -0.3 is 30.3 Å². The van der Waals surface area contributed by atoms with Crippen molar-refractivity contribution in [1.82, 2.24) is 5.32 Å². The first-order chi connectivity index (χ1) is 23.6. The number of hydrogen-bond acceptors (Lipinski definition) is 12. The average molecular weight is 725 g/mol. The van der Waals surface area contributed by atoms with Crippen LogP contribution in [0, 0.1) is 0 Å². The Hall–Kier alpha value is -5.82. The Morgan fingerprint density at radius 2 is 1.46 bits per heavy atom. The van der Waals surface area contributed by atoms with Crippen molar-refractivity contribution in [3.63, 3.8) is 0 Å². The maximum absolute atomic E-state index is 12.3. The van der Waals surface area contributed by atoms with Crippen molar-refractivity contribution in [1.29, 1.82) is 0 Å². The second-order valence-electron chi connectivity index (χ2n) is 10.6. The molecule has 0 saturated carbocycles. The summed E-state index contributed by atoms with van der Waals surface area (Å²) in [6, 6.07) is 16.8. The SMILES string of the molecule is CNC(=O)c1cc(OCCOc2ccc(N=Nc3c(S(=O)(=O)O)cc4cc(S(=O)(=O)O)cc(NC(C)=O)c4c3O)cc2)c2ccccc2c1O. The minimum atomic E-state index is -5.08. The third-order valence-corrected chi connectivity index (χ3v) is 8.87. The van der Waals surface area contributed by atoms with Crippen LogP contribution in [-0.4, -0.2) is 68.2 Å². The van der Waals surface area contributed by atoms with Gasteiger partial charge in [-0.15, -0.1) is 5.11 Å². The molecule has 2 amide bonds. The van der Waals surface area contributed by atoms with E-state index in [-0.39, 0.29) is 46.7 Å². The number of phenols is 2. The normalized spacial score (nSPS) is 11.9. The summed E-state index contributed by atoms with van der Waals surface area (Å²) in [5.74, 6) is -1.46. The molecule has 0 fully saturated rings. The number of phenolic OH excluding ortho intramolecular Hbond substituents is 2. The highest BCUT2D eigenvalue weighted by Gasteiger charge is 2.26. The monoisotopic (exact) mass is 724 g/mol. The van der Waals surface area contributed by atoms with E-state index in [0.29, 0.717) is 22.3 Å². The second kappa shape index (κ2) is 14.0. The summed E-state index contributed by atoms with van der Waals surface area (Å²) < 4.78 is 79.1. The van der Waals surface area contributed by atoms with Crippen LogP contribution in [0.2, 0.25) is 0 Å². The number of nitrogens with one attached hydrogen (secondary N) is 2. The average Bonchev–Trinajstić information content (AvgIpc) is 3.06. The van der Waals surface area contributed by atoms with Crippen LogP contribution in [0.3, 0.4) is 0 Å². The Labute approximate surface area is 284 Å². The summed E-state index contributed by atoms with van der Waals surface area (Å²) in [6.45, 7) is 1.23. The summed E-state index contributed by atoms with van der Waals surface area (Å²) in [7, 11) is -8.47. The number of hydrogen-bond donors (Lipinski definition) is 6. The first kappa shape index (κ1) is 35.5. The number of ether oxygens (including phenoxy) is 2. The largest absolute Gasteiger partial charge is 0.506 e. The van der Waals surface area contributed by atoms with Gasteiger partial charge >= 0.3 is 0 Å². The highest BCUT2D eigenvalue weighted by Crippen LogP contribution is 2.45. The van der Waals surface area contributed by atoms with Gasteiger partial charge in [0.2, 0.25) is 5.91 Å². The number of carbonyl (C=O) groups excluding carboxylic acids is 2. The van der Waals surface area contributed by atoms with Crippen LogP contribution < -0.4 is 20.1 Å². The third-order valence-electron chi connectivity index (χ3n) is 7.17. The van der Waals surface area contributed by atoms with E-state index in [1.807, 2.05) is 0 Å². The van der Waals surface area contributed by atoms with Crippen molar-refractivity contribution < 1.29 is 55.2 Å². The maximum Gasteiger partial charge on any atom is 0.296 e. The number of aromatic hydroxyl groups is 2. The summed E-state index contributed by atoms with van der Waals surface area (Å²) in [4.78, 5) is 22.4. The molecule has 6 N–H and O–H groups in total. The smallest absolute Gasteiger partial charge is 0.296 e. The summed E-state index contributed by atoms with van der Waals surface area (Å²) in [6.07, 6.45) is 0. The minimum absolute atomic E-state index is 0.0482. The molecule has 0 saturated heterocycles. The molecule has 5 aromatic rings. The number of anilines is 1. The molecule has 0 aromatic heterocycles.